The fourth-order valence-electron chi connectivity index (χ4n) is 1.88. The summed E-state index contributed by atoms with van der Waals surface area (Å²) in [5.74, 6) is -0.0554. The van der Waals surface area contributed by atoms with Gasteiger partial charge in [0.05, 0.1) is 34.9 Å². The Bertz CT molecular complexity index is 886. The van der Waals surface area contributed by atoms with E-state index in [4.69, 9.17) is 10.00 Å². The molecule has 0 aromatic heterocycles. The highest BCUT2D eigenvalue weighted by Gasteiger charge is 2.31. The van der Waals surface area contributed by atoms with E-state index in [0.29, 0.717) is 6.07 Å². The quantitative estimate of drug-likeness (QED) is 0.911. The number of ether oxygens (including phenoxy) is 1. The first-order valence-electron chi connectivity index (χ1n) is 6.45. The molecule has 0 aliphatic heterocycles. The molecule has 5 nitrogen and oxygen atoms in total. The third-order valence-corrected chi connectivity index (χ3v) is 4.45. The van der Waals surface area contributed by atoms with Crippen molar-refractivity contribution in [3.63, 3.8) is 0 Å². The lowest BCUT2D eigenvalue weighted by molar-refractivity contribution is -0.137. The fraction of sp³-hybridized carbons (Fsp3) is 0.133. The molecule has 9 heteroatoms. The number of benzene rings is 2. The van der Waals surface area contributed by atoms with Crippen LogP contribution in [0.1, 0.15) is 11.1 Å². The molecule has 2 rings (SSSR count). The van der Waals surface area contributed by atoms with Gasteiger partial charge in [0.1, 0.15) is 5.75 Å². The topological polar surface area (TPSA) is 79.2 Å². The van der Waals surface area contributed by atoms with E-state index in [0.717, 1.165) is 12.1 Å². The lowest BCUT2D eigenvalue weighted by Gasteiger charge is -2.14. The van der Waals surface area contributed by atoms with Crippen molar-refractivity contribution in [2.24, 2.45) is 0 Å². The average Bonchev–Trinajstić information content (AvgIpc) is 2.53. The van der Waals surface area contributed by atoms with Crippen molar-refractivity contribution in [2.45, 2.75) is 11.1 Å². The van der Waals surface area contributed by atoms with Crippen LogP contribution in [0, 0.1) is 11.3 Å². The van der Waals surface area contributed by atoms with Crippen LogP contribution in [0.4, 0.5) is 18.9 Å². The van der Waals surface area contributed by atoms with E-state index in [-0.39, 0.29) is 21.9 Å². The van der Waals surface area contributed by atoms with E-state index in [9.17, 15) is 21.6 Å². The summed E-state index contributed by atoms with van der Waals surface area (Å²) in [4.78, 5) is -0.194. The van der Waals surface area contributed by atoms with Crippen LogP contribution in [-0.4, -0.2) is 15.5 Å². The Labute approximate surface area is 136 Å². The van der Waals surface area contributed by atoms with Gasteiger partial charge in [0.15, 0.2) is 0 Å². The number of methoxy groups -OCH3 is 1. The minimum atomic E-state index is -4.62. The van der Waals surface area contributed by atoms with Crippen molar-refractivity contribution in [3.05, 3.63) is 53.6 Å². The summed E-state index contributed by atoms with van der Waals surface area (Å²) < 4.78 is 69.9. The van der Waals surface area contributed by atoms with Crippen molar-refractivity contribution in [2.75, 3.05) is 11.8 Å². The van der Waals surface area contributed by atoms with E-state index in [1.54, 1.807) is 0 Å². The van der Waals surface area contributed by atoms with Crippen molar-refractivity contribution in [3.8, 4) is 11.8 Å². The maximum Gasteiger partial charge on any atom is 0.416 e. The van der Waals surface area contributed by atoms with Gasteiger partial charge in [0, 0.05) is 0 Å². The summed E-state index contributed by atoms with van der Waals surface area (Å²) in [5.41, 5.74) is -1.09. The molecule has 2 aromatic carbocycles. The number of anilines is 1. The molecule has 0 heterocycles. The molecule has 0 aliphatic rings. The SMILES string of the molecule is COc1ccc(C(F)(F)F)cc1NS(=O)(=O)c1ccc(C#N)cc1. The number of hydrogen-bond donors (Lipinski definition) is 1. The third-order valence-electron chi connectivity index (χ3n) is 3.06. The highest BCUT2D eigenvalue weighted by molar-refractivity contribution is 7.92. The van der Waals surface area contributed by atoms with Crippen LogP contribution in [0.25, 0.3) is 0 Å². The van der Waals surface area contributed by atoms with Gasteiger partial charge < -0.3 is 4.74 Å². The zero-order valence-electron chi connectivity index (χ0n) is 12.3. The highest BCUT2D eigenvalue weighted by atomic mass is 32.2. The molecule has 0 saturated heterocycles. The fourth-order valence-corrected chi connectivity index (χ4v) is 2.94. The van der Waals surface area contributed by atoms with Crippen LogP contribution in [0.3, 0.4) is 0 Å². The summed E-state index contributed by atoms with van der Waals surface area (Å²) in [5, 5.41) is 8.70. The van der Waals surface area contributed by atoms with Gasteiger partial charge in [-0.2, -0.15) is 18.4 Å². The first kappa shape index (κ1) is 17.6. The van der Waals surface area contributed by atoms with Gasteiger partial charge in [-0.15, -0.1) is 0 Å². The first-order chi connectivity index (χ1) is 11.2. The average molecular weight is 356 g/mol. The Kier molecular flexibility index (Phi) is 4.71. The first-order valence-corrected chi connectivity index (χ1v) is 7.94. The van der Waals surface area contributed by atoms with Crippen molar-refractivity contribution >= 4 is 15.7 Å². The summed E-state index contributed by atoms with van der Waals surface area (Å²) in [6, 6.07) is 9.25. The zero-order chi connectivity index (χ0) is 18.0. The normalized spacial score (nSPS) is 11.6. The summed E-state index contributed by atoms with van der Waals surface area (Å²) in [6.07, 6.45) is -4.62. The van der Waals surface area contributed by atoms with E-state index in [1.807, 2.05) is 6.07 Å². The monoisotopic (exact) mass is 356 g/mol. The Hall–Kier alpha value is -2.73. The van der Waals surface area contributed by atoms with Crippen LogP contribution in [0.5, 0.6) is 5.75 Å². The van der Waals surface area contributed by atoms with Gasteiger partial charge >= 0.3 is 6.18 Å². The largest absolute Gasteiger partial charge is 0.495 e. The molecule has 0 spiro atoms. The Morgan fingerprint density at radius 1 is 1.12 bits per heavy atom. The van der Waals surface area contributed by atoms with Gasteiger partial charge in [0.25, 0.3) is 10.0 Å². The van der Waals surface area contributed by atoms with Gasteiger partial charge in [-0.25, -0.2) is 8.42 Å². The molecule has 126 valence electrons. The molecule has 1 N–H and O–H groups in total. The lowest BCUT2D eigenvalue weighted by Crippen LogP contribution is -2.15. The zero-order valence-corrected chi connectivity index (χ0v) is 13.1. The van der Waals surface area contributed by atoms with Crippen molar-refractivity contribution < 1.29 is 26.3 Å². The van der Waals surface area contributed by atoms with E-state index in [2.05, 4.69) is 4.72 Å². The molecule has 0 unspecified atom stereocenters. The summed E-state index contributed by atoms with van der Waals surface area (Å²) >= 11 is 0. The van der Waals surface area contributed by atoms with Crippen molar-refractivity contribution in [1.82, 2.24) is 0 Å². The molecular formula is C15H11F3N2O3S. The minimum Gasteiger partial charge on any atom is -0.495 e. The molecule has 0 saturated carbocycles. The molecule has 0 amide bonds. The van der Waals surface area contributed by atoms with Crippen LogP contribution < -0.4 is 9.46 Å². The van der Waals surface area contributed by atoms with Gasteiger partial charge in [0.2, 0.25) is 0 Å². The molecular weight excluding hydrogens is 345 g/mol. The second-order valence-corrected chi connectivity index (χ2v) is 6.34. The Morgan fingerprint density at radius 3 is 2.25 bits per heavy atom. The number of nitrogens with one attached hydrogen (secondary N) is 1. The summed E-state index contributed by atoms with van der Waals surface area (Å²) in [6.45, 7) is 0. The Morgan fingerprint density at radius 2 is 1.75 bits per heavy atom. The highest BCUT2D eigenvalue weighted by Crippen LogP contribution is 2.35. The second kappa shape index (κ2) is 6.41. The number of halogens is 3. The Balaban J connectivity index is 2.42. The predicted molar refractivity (Wildman–Crippen MR) is 80.0 cm³/mol. The summed E-state index contributed by atoms with van der Waals surface area (Å²) in [7, 11) is -2.93. The van der Waals surface area contributed by atoms with Gasteiger partial charge in [-0.1, -0.05) is 0 Å². The number of hydrogen-bond acceptors (Lipinski definition) is 4. The molecule has 24 heavy (non-hydrogen) atoms. The number of nitrogens with zero attached hydrogens (tertiary/aromatic N) is 1. The van der Waals surface area contributed by atoms with Crippen LogP contribution in [0.2, 0.25) is 0 Å². The van der Waals surface area contributed by atoms with Crippen molar-refractivity contribution in [1.29, 1.82) is 5.26 Å². The molecule has 0 atom stereocenters. The van der Waals surface area contributed by atoms with Crippen LogP contribution >= 0.6 is 0 Å². The van der Waals surface area contributed by atoms with Crippen LogP contribution in [-0.2, 0) is 16.2 Å². The molecule has 0 aliphatic carbocycles. The number of sulfonamides is 1. The van der Waals surface area contributed by atoms with E-state index in [1.165, 1.54) is 31.4 Å². The molecule has 2 aromatic rings. The molecule has 0 fully saturated rings. The molecule has 0 radical (unpaired) electrons. The standard InChI is InChI=1S/C15H11F3N2O3S/c1-23-14-7-4-11(15(16,17)18)8-13(14)20-24(21,22)12-5-2-10(9-19)3-6-12/h2-8,20H,1H3. The molecule has 0 bridgehead atoms. The number of nitriles is 1. The maximum atomic E-state index is 12.8. The lowest BCUT2D eigenvalue weighted by atomic mass is 10.2. The van der Waals surface area contributed by atoms with E-state index >= 15 is 0 Å². The smallest absolute Gasteiger partial charge is 0.416 e. The van der Waals surface area contributed by atoms with Gasteiger partial charge in [-0.05, 0) is 42.5 Å². The number of alkyl halides is 3. The minimum absolute atomic E-state index is 0.0554. The van der Waals surface area contributed by atoms with E-state index < -0.39 is 21.8 Å². The number of rotatable bonds is 4. The third kappa shape index (κ3) is 3.78. The predicted octanol–water partition coefficient (Wildman–Crippen LogP) is 3.39. The van der Waals surface area contributed by atoms with Gasteiger partial charge in [-0.3, -0.25) is 4.72 Å². The maximum absolute atomic E-state index is 12.8. The van der Waals surface area contributed by atoms with Crippen LogP contribution in [0.15, 0.2) is 47.4 Å². The second-order valence-electron chi connectivity index (χ2n) is 4.65.